The number of rotatable bonds is 8. The molecular formula is C22H19N7O3. The first-order valence-electron chi connectivity index (χ1n) is 9.86. The average molecular weight is 429 g/mol. The Labute approximate surface area is 182 Å². The number of imidazole rings is 1. The quantitative estimate of drug-likeness (QED) is 0.321. The maximum Gasteiger partial charge on any atom is 0.221 e. The van der Waals surface area contributed by atoms with Crippen molar-refractivity contribution in [1.82, 2.24) is 19.9 Å². The Hall–Kier alpha value is -4.52. The number of benzene rings is 2. The fraction of sp³-hybridized carbons (Fsp3) is 0.182. The van der Waals surface area contributed by atoms with E-state index in [1.165, 1.54) is 6.92 Å². The second kappa shape index (κ2) is 9.09. The highest BCUT2D eigenvalue weighted by Crippen LogP contribution is 2.28. The number of nitriles is 1. The molecule has 10 nitrogen and oxygen atoms in total. The third kappa shape index (κ3) is 4.32. The van der Waals surface area contributed by atoms with Crippen LogP contribution in [0.1, 0.15) is 23.7 Å². The standard InChI is InChI=1S/C22H19N7O3/c1-14(30)25-16-9-7-15(8-10-16)19(31)13-29-18-6-3-2-5-17(18)26-22(29)20-21(28-32-27-20)24-12-4-11-23/h2-3,5-10H,4,12-13H2,1H3,(H,24,28)(H,25,30). The Morgan fingerprint density at radius 1 is 1.12 bits per heavy atom. The Morgan fingerprint density at radius 3 is 2.66 bits per heavy atom. The first-order chi connectivity index (χ1) is 15.6. The van der Waals surface area contributed by atoms with E-state index in [-0.39, 0.29) is 24.7 Å². The van der Waals surface area contributed by atoms with Crippen molar-refractivity contribution in [2.75, 3.05) is 17.2 Å². The van der Waals surface area contributed by atoms with Crippen molar-refractivity contribution in [2.45, 2.75) is 19.9 Å². The van der Waals surface area contributed by atoms with Gasteiger partial charge in [-0.05, 0) is 46.7 Å². The molecule has 0 spiro atoms. The van der Waals surface area contributed by atoms with Crippen molar-refractivity contribution < 1.29 is 14.2 Å². The Balaban J connectivity index is 1.67. The number of ketones is 1. The average Bonchev–Trinajstić information content (AvgIpc) is 3.38. The topological polar surface area (TPSA) is 139 Å². The van der Waals surface area contributed by atoms with Gasteiger partial charge in [0.25, 0.3) is 0 Å². The number of carbonyl (C=O) groups is 2. The fourth-order valence-electron chi connectivity index (χ4n) is 3.28. The van der Waals surface area contributed by atoms with Gasteiger partial charge in [-0.2, -0.15) is 5.26 Å². The number of para-hydroxylation sites is 2. The van der Waals surface area contributed by atoms with Crippen molar-refractivity contribution in [2.24, 2.45) is 0 Å². The lowest BCUT2D eigenvalue weighted by Gasteiger charge is -2.09. The molecule has 0 aliphatic rings. The second-order valence-electron chi connectivity index (χ2n) is 6.99. The summed E-state index contributed by atoms with van der Waals surface area (Å²) in [5.74, 6) is 0.456. The van der Waals surface area contributed by atoms with Crippen molar-refractivity contribution in [3.05, 3.63) is 54.1 Å². The first kappa shape index (κ1) is 20.7. The van der Waals surface area contributed by atoms with Crippen molar-refractivity contribution in [3.8, 4) is 17.6 Å². The van der Waals surface area contributed by atoms with Gasteiger partial charge in [0.2, 0.25) is 11.7 Å². The van der Waals surface area contributed by atoms with Crippen molar-refractivity contribution in [3.63, 3.8) is 0 Å². The summed E-state index contributed by atoms with van der Waals surface area (Å²) in [6.07, 6.45) is 0.287. The van der Waals surface area contributed by atoms with Crippen LogP contribution in [0.4, 0.5) is 11.5 Å². The third-order valence-electron chi connectivity index (χ3n) is 4.71. The van der Waals surface area contributed by atoms with Crippen LogP contribution in [0, 0.1) is 11.3 Å². The molecule has 0 aliphatic carbocycles. The predicted molar refractivity (Wildman–Crippen MR) is 117 cm³/mol. The number of nitrogens with zero attached hydrogens (tertiary/aromatic N) is 5. The van der Waals surface area contributed by atoms with Crippen LogP contribution >= 0.6 is 0 Å². The van der Waals surface area contributed by atoms with E-state index in [1.54, 1.807) is 28.8 Å². The minimum atomic E-state index is -0.181. The Kier molecular flexibility index (Phi) is 5.89. The van der Waals surface area contributed by atoms with Crippen LogP contribution in [0.3, 0.4) is 0 Å². The molecule has 0 saturated carbocycles. The van der Waals surface area contributed by atoms with Crippen LogP contribution in [-0.2, 0) is 11.3 Å². The van der Waals surface area contributed by atoms with E-state index in [0.29, 0.717) is 40.6 Å². The van der Waals surface area contributed by atoms with E-state index < -0.39 is 0 Å². The lowest BCUT2D eigenvalue weighted by Crippen LogP contribution is -2.13. The normalized spacial score (nSPS) is 10.6. The lowest BCUT2D eigenvalue weighted by molar-refractivity contribution is -0.114. The van der Waals surface area contributed by atoms with Gasteiger partial charge in [-0.15, -0.1) is 0 Å². The second-order valence-corrected chi connectivity index (χ2v) is 6.99. The molecule has 2 heterocycles. The Bertz CT molecular complexity index is 1320. The summed E-state index contributed by atoms with van der Waals surface area (Å²) in [6.45, 7) is 1.81. The zero-order chi connectivity index (χ0) is 22.5. The summed E-state index contributed by atoms with van der Waals surface area (Å²) < 4.78 is 6.66. The first-order valence-corrected chi connectivity index (χ1v) is 9.86. The summed E-state index contributed by atoms with van der Waals surface area (Å²) >= 11 is 0. The number of fused-ring (bicyclic) bond motifs is 1. The molecule has 0 atom stereocenters. The molecule has 2 N–H and O–H groups in total. The molecule has 2 aromatic heterocycles. The van der Waals surface area contributed by atoms with Crippen LogP contribution in [-0.4, -0.2) is 38.1 Å². The van der Waals surface area contributed by atoms with E-state index in [2.05, 4.69) is 32.0 Å². The number of hydrogen-bond donors (Lipinski definition) is 2. The third-order valence-corrected chi connectivity index (χ3v) is 4.71. The van der Waals surface area contributed by atoms with Crippen molar-refractivity contribution >= 4 is 34.2 Å². The molecule has 2 aromatic carbocycles. The minimum Gasteiger partial charge on any atom is -0.364 e. The van der Waals surface area contributed by atoms with Gasteiger partial charge in [0.05, 0.1) is 30.1 Å². The van der Waals surface area contributed by atoms with Crippen LogP contribution in [0.2, 0.25) is 0 Å². The molecule has 0 saturated heterocycles. The van der Waals surface area contributed by atoms with Gasteiger partial charge in [-0.25, -0.2) is 9.61 Å². The number of aromatic nitrogens is 4. The number of anilines is 2. The SMILES string of the molecule is CC(=O)Nc1ccc(C(=O)Cn2c(-c3nonc3NCCC#N)nc3ccccc32)cc1. The number of Topliss-reactive ketones (excluding diaryl/α,β-unsaturated/α-hetero) is 1. The highest BCUT2D eigenvalue weighted by Gasteiger charge is 2.22. The Morgan fingerprint density at radius 2 is 1.91 bits per heavy atom. The molecule has 0 fully saturated rings. The summed E-state index contributed by atoms with van der Waals surface area (Å²) in [6, 6.07) is 16.2. The molecule has 1 amide bonds. The van der Waals surface area contributed by atoms with Gasteiger partial charge in [-0.3, -0.25) is 9.59 Å². The number of carbonyl (C=O) groups excluding carboxylic acids is 2. The predicted octanol–water partition coefficient (Wildman–Crippen LogP) is 3.25. The van der Waals surface area contributed by atoms with E-state index in [9.17, 15) is 9.59 Å². The van der Waals surface area contributed by atoms with Gasteiger partial charge < -0.3 is 15.2 Å². The highest BCUT2D eigenvalue weighted by atomic mass is 16.6. The van der Waals surface area contributed by atoms with Crippen molar-refractivity contribution in [1.29, 1.82) is 5.26 Å². The number of hydrogen-bond acceptors (Lipinski definition) is 8. The molecule has 0 unspecified atom stereocenters. The molecule has 0 bridgehead atoms. The summed E-state index contributed by atoms with van der Waals surface area (Å²) in [5.41, 5.74) is 2.92. The van der Waals surface area contributed by atoms with Crippen LogP contribution < -0.4 is 10.6 Å². The van der Waals surface area contributed by atoms with Gasteiger partial charge in [0.15, 0.2) is 17.3 Å². The maximum absolute atomic E-state index is 13.1. The number of nitrogens with one attached hydrogen (secondary N) is 2. The molecule has 10 heteroatoms. The smallest absolute Gasteiger partial charge is 0.221 e. The van der Waals surface area contributed by atoms with Crippen LogP contribution in [0.25, 0.3) is 22.6 Å². The summed E-state index contributed by atoms with van der Waals surface area (Å²) in [5, 5.41) is 22.3. The monoisotopic (exact) mass is 429 g/mol. The summed E-state index contributed by atoms with van der Waals surface area (Å²) in [4.78, 5) is 28.9. The van der Waals surface area contributed by atoms with E-state index in [1.807, 2.05) is 24.3 Å². The lowest BCUT2D eigenvalue weighted by atomic mass is 10.1. The molecule has 4 rings (SSSR count). The number of amides is 1. The summed E-state index contributed by atoms with van der Waals surface area (Å²) in [7, 11) is 0. The fourth-order valence-corrected chi connectivity index (χ4v) is 3.28. The molecule has 4 aromatic rings. The molecular weight excluding hydrogens is 410 g/mol. The largest absolute Gasteiger partial charge is 0.364 e. The van der Waals surface area contributed by atoms with E-state index >= 15 is 0 Å². The van der Waals surface area contributed by atoms with E-state index in [0.717, 1.165) is 5.52 Å². The van der Waals surface area contributed by atoms with Crippen LogP contribution in [0.15, 0.2) is 53.2 Å². The zero-order valence-electron chi connectivity index (χ0n) is 17.2. The molecule has 32 heavy (non-hydrogen) atoms. The van der Waals surface area contributed by atoms with Gasteiger partial charge in [0.1, 0.15) is 0 Å². The maximum atomic E-state index is 13.1. The molecule has 160 valence electrons. The minimum absolute atomic E-state index is 0.0137. The van der Waals surface area contributed by atoms with Crippen LogP contribution in [0.5, 0.6) is 0 Å². The van der Waals surface area contributed by atoms with Gasteiger partial charge >= 0.3 is 0 Å². The molecule has 0 aliphatic heterocycles. The van der Waals surface area contributed by atoms with E-state index in [4.69, 9.17) is 9.89 Å². The van der Waals surface area contributed by atoms with Gasteiger partial charge in [0, 0.05) is 24.7 Å². The van der Waals surface area contributed by atoms with Gasteiger partial charge in [-0.1, -0.05) is 12.1 Å². The molecule has 0 radical (unpaired) electrons. The highest BCUT2D eigenvalue weighted by molar-refractivity contribution is 5.98. The zero-order valence-corrected chi connectivity index (χ0v) is 17.2.